The van der Waals surface area contributed by atoms with Gasteiger partial charge < -0.3 is 9.64 Å². The third-order valence-electron chi connectivity index (χ3n) is 2.19. The van der Waals surface area contributed by atoms with E-state index in [9.17, 15) is 4.79 Å². The van der Waals surface area contributed by atoms with Crippen LogP contribution in [0.2, 0.25) is 5.02 Å². The lowest BCUT2D eigenvalue weighted by molar-refractivity contribution is -0.125. The van der Waals surface area contributed by atoms with Crippen LogP contribution in [0.15, 0.2) is 18.2 Å². The number of halogens is 2. The molecule has 0 spiro atoms. The van der Waals surface area contributed by atoms with Crippen molar-refractivity contribution in [2.24, 2.45) is 0 Å². The molecule has 15 heavy (non-hydrogen) atoms. The zero-order chi connectivity index (χ0) is 10.8. The minimum Gasteiger partial charge on any atom is -0.370 e. The number of hydrogen-bond donors (Lipinski definition) is 0. The van der Waals surface area contributed by atoms with Crippen LogP contribution in [0, 0.1) is 3.57 Å². The first-order valence-electron chi connectivity index (χ1n) is 4.51. The van der Waals surface area contributed by atoms with Gasteiger partial charge in [-0.1, -0.05) is 11.6 Å². The first-order valence-corrected chi connectivity index (χ1v) is 5.97. The van der Waals surface area contributed by atoms with Crippen molar-refractivity contribution in [2.75, 3.05) is 24.7 Å². The lowest BCUT2D eigenvalue weighted by atomic mass is 10.2. The molecule has 1 aromatic carbocycles. The molecule has 1 amide bonds. The summed E-state index contributed by atoms with van der Waals surface area (Å²) in [6, 6.07) is 5.65. The number of carbonyl (C=O) groups is 1. The number of ether oxygens (including phenoxy) is 1. The summed E-state index contributed by atoms with van der Waals surface area (Å²) >= 11 is 8.27. The summed E-state index contributed by atoms with van der Waals surface area (Å²) in [6.45, 7) is 1.27. The number of benzene rings is 1. The summed E-state index contributed by atoms with van der Waals surface area (Å²) < 4.78 is 6.12. The lowest BCUT2D eigenvalue weighted by Gasteiger charge is -2.27. The minimum atomic E-state index is -0.0376. The highest BCUT2D eigenvalue weighted by molar-refractivity contribution is 14.1. The Bertz CT molecular complexity index is 397. The highest BCUT2D eigenvalue weighted by Gasteiger charge is 2.21. The van der Waals surface area contributed by atoms with Crippen molar-refractivity contribution in [3.05, 3.63) is 26.8 Å². The predicted molar refractivity (Wildman–Crippen MR) is 67.3 cm³/mol. The maximum Gasteiger partial charge on any atom is 0.253 e. The Morgan fingerprint density at radius 1 is 1.47 bits per heavy atom. The molecular formula is C10H9ClINO2. The lowest BCUT2D eigenvalue weighted by Crippen LogP contribution is -2.41. The normalized spacial score (nSPS) is 16.9. The van der Waals surface area contributed by atoms with Crippen molar-refractivity contribution in [3.8, 4) is 0 Å². The average molecular weight is 338 g/mol. The highest BCUT2D eigenvalue weighted by atomic mass is 127. The third kappa shape index (κ3) is 2.43. The van der Waals surface area contributed by atoms with E-state index in [1.165, 1.54) is 0 Å². The largest absolute Gasteiger partial charge is 0.370 e. The Kier molecular flexibility index (Phi) is 3.48. The van der Waals surface area contributed by atoms with Gasteiger partial charge in [0.1, 0.15) is 6.61 Å². The standard InChI is InChI=1S/C10H9ClINO2/c11-8-5-7(12)1-2-9(8)13-3-4-15-6-10(13)14/h1-2,5H,3-4,6H2. The second-order valence-corrected chi connectivity index (χ2v) is 4.85. The van der Waals surface area contributed by atoms with Crippen molar-refractivity contribution in [2.45, 2.75) is 0 Å². The molecule has 0 radical (unpaired) electrons. The number of hydrogen-bond acceptors (Lipinski definition) is 2. The van der Waals surface area contributed by atoms with Crippen molar-refractivity contribution in [1.82, 2.24) is 0 Å². The van der Waals surface area contributed by atoms with Crippen LogP contribution < -0.4 is 4.90 Å². The summed E-state index contributed by atoms with van der Waals surface area (Å²) in [5.74, 6) is -0.0376. The average Bonchev–Trinajstić information content (AvgIpc) is 2.20. The zero-order valence-corrected chi connectivity index (χ0v) is 10.8. The summed E-state index contributed by atoms with van der Waals surface area (Å²) in [7, 11) is 0. The molecule has 1 aliphatic rings. The fourth-order valence-electron chi connectivity index (χ4n) is 1.47. The number of nitrogens with zero attached hydrogens (tertiary/aromatic N) is 1. The van der Waals surface area contributed by atoms with E-state index < -0.39 is 0 Å². The number of amides is 1. The molecule has 5 heteroatoms. The smallest absolute Gasteiger partial charge is 0.253 e. The van der Waals surface area contributed by atoms with E-state index in [4.69, 9.17) is 16.3 Å². The molecule has 1 heterocycles. The molecule has 0 unspecified atom stereocenters. The molecule has 0 atom stereocenters. The fraction of sp³-hybridized carbons (Fsp3) is 0.300. The fourth-order valence-corrected chi connectivity index (χ4v) is 2.43. The van der Waals surface area contributed by atoms with Crippen LogP contribution in [0.4, 0.5) is 5.69 Å². The van der Waals surface area contributed by atoms with Crippen LogP contribution >= 0.6 is 34.2 Å². The van der Waals surface area contributed by atoms with E-state index in [1.54, 1.807) is 4.90 Å². The molecule has 1 aromatic rings. The molecule has 1 saturated heterocycles. The van der Waals surface area contributed by atoms with Gasteiger partial charge in [0.05, 0.1) is 17.3 Å². The van der Waals surface area contributed by atoms with Crippen LogP contribution in [-0.2, 0) is 9.53 Å². The molecule has 0 bridgehead atoms. The van der Waals surface area contributed by atoms with Gasteiger partial charge in [0, 0.05) is 10.1 Å². The maximum absolute atomic E-state index is 11.6. The first-order chi connectivity index (χ1) is 7.18. The second kappa shape index (κ2) is 4.67. The van der Waals surface area contributed by atoms with Gasteiger partial charge in [0.25, 0.3) is 5.91 Å². The van der Waals surface area contributed by atoms with Crippen LogP contribution in [0.3, 0.4) is 0 Å². The summed E-state index contributed by atoms with van der Waals surface area (Å²) in [5, 5.41) is 0.608. The van der Waals surface area contributed by atoms with Crippen molar-refractivity contribution in [3.63, 3.8) is 0 Å². The van der Waals surface area contributed by atoms with Crippen molar-refractivity contribution >= 4 is 45.8 Å². The van der Waals surface area contributed by atoms with Gasteiger partial charge in [-0.3, -0.25) is 4.79 Å². The Balaban J connectivity index is 2.31. The number of anilines is 1. The van der Waals surface area contributed by atoms with Crippen LogP contribution in [0.1, 0.15) is 0 Å². The van der Waals surface area contributed by atoms with E-state index in [-0.39, 0.29) is 12.5 Å². The van der Waals surface area contributed by atoms with Crippen molar-refractivity contribution < 1.29 is 9.53 Å². The molecule has 3 nitrogen and oxygen atoms in total. The molecule has 0 aliphatic carbocycles. The minimum absolute atomic E-state index is 0.0376. The Morgan fingerprint density at radius 2 is 2.27 bits per heavy atom. The van der Waals surface area contributed by atoms with E-state index in [0.29, 0.717) is 18.2 Å². The SMILES string of the molecule is O=C1COCCN1c1ccc(I)cc1Cl. The molecule has 80 valence electrons. The third-order valence-corrected chi connectivity index (χ3v) is 3.16. The summed E-state index contributed by atoms with van der Waals surface area (Å²) in [5.41, 5.74) is 0.769. The maximum atomic E-state index is 11.6. The molecular weight excluding hydrogens is 328 g/mol. The molecule has 1 fully saturated rings. The van der Waals surface area contributed by atoms with Gasteiger partial charge in [-0.2, -0.15) is 0 Å². The summed E-state index contributed by atoms with van der Waals surface area (Å²) in [4.78, 5) is 13.2. The number of rotatable bonds is 1. The van der Waals surface area contributed by atoms with Crippen molar-refractivity contribution in [1.29, 1.82) is 0 Å². The highest BCUT2D eigenvalue weighted by Crippen LogP contribution is 2.28. The molecule has 1 aliphatic heterocycles. The summed E-state index contributed by atoms with van der Waals surface area (Å²) in [6.07, 6.45) is 0. The van der Waals surface area contributed by atoms with Gasteiger partial charge in [-0.05, 0) is 40.8 Å². The molecule has 2 rings (SSSR count). The van der Waals surface area contributed by atoms with E-state index in [0.717, 1.165) is 9.26 Å². The van der Waals surface area contributed by atoms with Crippen LogP contribution in [-0.4, -0.2) is 25.7 Å². The molecule has 0 saturated carbocycles. The number of morpholine rings is 1. The predicted octanol–water partition coefficient (Wildman–Crippen LogP) is 2.31. The van der Waals surface area contributed by atoms with Gasteiger partial charge in [0.2, 0.25) is 0 Å². The topological polar surface area (TPSA) is 29.5 Å². The van der Waals surface area contributed by atoms with E-state index in [1.807, 2.05) is 18.2 Å². The second-order valence-electron chi connectivity index (χ2n) is 3.19. The van der Waals surface area contributed by atoms with E-state index >= 15 is 0 Å². The zero-order valence-electron chi connectivity index (χ0n) is 7.87. The first kappa shape index (κ1) is 11.2. The van der Waals surface area contributed by atoms with Crippen LogP contribution in [0.5, 0.6) is 0 Å². The molecule has 0 aromatic heterocycles. The van der Waals surface area contributed by atoms with Crippen LogP contribution in [0.25, 0.3) is 0 Å². The monoisotopic (exact) mass is 337 g/mol. The quantitative estimate of drug-likeness (QED) is 0.736. The van der Waals surface area contributed by atoms with Gasteiger partial charge in [0.15, 0.2) is 0 Å². The van der Waals surface area contributed by atoms with Gasteiger partial charge in [-0.15, -0.1) is 0 Å². The number of carbonyl (C=O) groups excluding carboxylic acids is 1. The van der Waals surface area contributed by atoms with E-state index in [2.05, 4.69) is 22.6 Å². The Labute approximate surface area is 106 Å². The molecule has 0 N–H and O–H groups in total. The Hall–Kier alpha value is -0.330. The Morgan fingerprint density at radius 3 is 2.93 bits per heavy atom. The van der Waals surface area contributed by atoms with Gasteiger partial charge in [-0.25, -0.2) is 0 Å². The van der Waals surface area contributed by atoms with Gasteiger partial charge >= 0.3 is 0 Å².